The maximum Gasteiger partial charge on any atom is 0.407 e. The molecule has 0 spiro atoms. The molecular formula is C36H47N3O7S. The zero-order valence-corrected chi connectivity index (χ0v) is 28.2. The Balaban J connectivity index is 1.46. The Morgan fingerprint density at radius 2 is 1.72 bits per heavy atom. The van der Waals surface area contributed by atoms with Crippen molar-refractivity contribution in [3.05, 3.63) is 83.9 Å². The quantitative estimate of drug-likeness (QED) is 0.170. The van der Waals surface area contributed by atoms with Crippen LogP contribution in [-0.2, 0) is 37.0 Å². The number of carbonyl (C=O) groups excluding carboxylic acids is 2. The molecule has 0 radical (unpaired) electrons. The number of hydrogen-bond donors (Lipinski definition) is 3. The minimum absolute atomic E-state index is 0.0399. The number of nitrogens with one attached hydrogen (secondary N) is 2. The molecule has 1 aliphatic heterocycles. The van der Waals surface area contributed by atoms with Crippen molar-refractivity contribution in [2.24, 2.45) is 5.92 Å². The van der Waals surface area contributed by atoms with Crippen molar-refractivity contribution in [1.82, 2.24) is 15.5 Å². The topological polar surface area (TPSA) is 126 Å². The predicted molar refractivity (Wildman–Crippen MR) is 184 cm³/mol. The van der Waals surface area contributed by atoms with Crippen LogP contribution in [0.4, 0.5) is 4.79 Å². The van der Waals surface area contributed by atoms with Gasteiger partial charge in [-0.2, -0.15) is 11.8 Å². The van der Waals surface area contributed by atoms with Gasteiger partial charge in [0, 0.05) is 19.1 Å². The molecule has 10 nitrogen and oxygen atoms in total. The van der Waals surface area contributed by atoms with Crippen LogP contribution in [0.3, 0.4) is 0 Å². The maximum absolute atomic E-state index is 13.3. The van der Waals surface area contributed by atoms with Crippen LogP contribution in [0, 0.1) is 5.92 Å². The molecule has 3 N–H and O–H groups in total. The lowest BCUT2D eigenvalue weighted by Crippen LogP contribution is -2.51. The Hall–Kier alpha value is -3.64. The third-order valence-corrected chi connectivity index (χ3v) is 9.16. The smallest absolute Gasteiger partial charge is 0.407 e. The van der Waals surface area contributed by atoms with Crippen LogP contribution in [0.2, 0.25) is 0 Å². The van der Waals surface area contributed by atoms with E-state index in [-0.39, 0.29) is 37.1 Å². The monoisotopic (exact) mass is 665 g/mol. The van der Waals surface area contributed by atoms with Gasteiger partial charge in [-0.3, -0.25) is 9.69 Å². The summed E-state index contributed by atoms with van der Waals surface area (Å²) in [5.41, 5.74) is 2.05. The van der Waals surface area contributed by atoms with E-state index in [0.29, 0.717) is 38.5 Å². The van der Waals surface area contributed by atoms with Crippen molar-refractivity contribution in [2.45, 2.75) is 64.1 Å². The van der Waals surface area contributed by atoms with Gasteiger partial charge in [0.1, 0.15) is 12.1 Å². The number of benzene rings is 3. The van der Waals surface area contributed by atoms with E-state index in [4.69, 9.17) is 14.2 Å². The number of hydrogen-bond acceptors (Lipinski definition) is 8. The molecule has 3 aromatic rings. The second-order valence-corrected chi connectivity index (χ2v) is 13.0. The van der Waals surface area contributed by atoms with Crippen LogP contribution in [0.25, 0.3) is 10.8 Å². The molecule has 2 amide bonds. The van der Waals surface area contributed by atoms with Gasteiger partial charge in [-0.05, 0) is 46.2 Å². The summed E-state index contributed by atoms with van der Waals surface area (Å²) in [5, 5.41) is 17.6. The van der Waals surface area contributed by atoms with Gasteiger partial charge in [-0.25, -0.2) is 9.59 Å². The largest absolute Gasteiger partial charge is 0.480 e. The first-order chi connectivity index (χ1) is 22.8. The summed E-state index contributed by atoms with van der Waals surface area (Å²) < 4.78 is 17.5. The highest BCUT2D eigenvalue weighted by molar-refractivity contribution is 7.98. The zero-order chi connectivity index (χ0) is 33.6. The van der Waals surface area contributed by atoms with Crippen LogP contribution >= 0.6 is 11.8 Å². The summed E-state index contributed by atoms with van der Waals surface area (Å²) in [4.78, 5) is 40.4. The third kappa shape index (κ3) is 11.2. The summed E-state index contributed by atoms with van der Waals surface area (Å²) in [6.07, 6.45) is 1.50. The summed E-state index contributed by atoms with van der Waals surface area (Å²) in [6, 6.07) is 22.6. The molecular weight excluding hydrogens is 618 g/mol. The molecule has 254 valence electrons. The molecule has 5 atom stereocenters. The highest BCUT2D eigenvalue weighted by Crippen LogP contribution is 2.22. The maximum atomic E-state index is 13.3. The van der Waals surface area contributed by atoms with E-state index in [1.165, 1.54) is 11.8 Å². The van der Waals surface area contributed by atoms with Gasteiger partial charge >= 0.3 is 12.1 Å². The van der Waals surface area contributed by atoms with E-state index < -0.39 is 24.2 Å². The molecule has 0 aliphatic carbocycles. The molecule has 47 heavy (non-hydrogen) atoms. The number of thioether (sulfide) groups is 1. The van der Waals surface area contributed by atoms with Crippen molar-refractivity contribution in [3.8, 4) is 0 Å². The second kappa shape index (κ2) is 18.6. The van der Waals surface area contributed by atoms with Gasteiger partial charge in [0.15, 0.2) is 6.10 Å². The van der Waals surface area contributed by atoms with Crippen molar-refractivity contribution < 1.29 is 33.7 Å². The number of fused-ring (bicyclic) bond motifs is 1. The predicted octanol–water partition coefficient (Wildman–Crippen LogP) is 5.09. The molecule has 1 aliphatic rings. The summed E-state index contributed by atoms with van der Waals surface area (Å²) in [6.45, 7) is 5.80. The van der Waals surface area contributed by atoms with E-state index >= 15 is 0 Å². The van der Waals surface area contributed by atoms with E-state index in [1.54, 1.807) is 0 Å². The first kappa shape index (κ1) is 36.2. The molecule has 0 unspecified atom stereocenters. The molecule has 0 saturated carbocycles. The van der Waals surface area contributed by atoms with Gasteiger partial charge in [0.05, 0.1) is 26.4 Å². The van der Waals surface area contributed by atoms with E-state index in [2.05, 4.69) is 17.6 Å². The highest BCUT2D eigenvalue weighted by atomic mass is 32.2. The normalized spacial score (nSPS) is 18.0. The number of aliphatic carboxylic acids is 1. The van der Waals surface area contributed by atoms with Crippen LogP contribution in [0.15, 0.2) is 72.8 Å². The number of carboxylic acid groups (broad SMARTS) is 1. The van der Waals surface area contributed by atoms with E-state index in [9.17, 15) is 19.5 Å². The highest BCUT2D eigenvalue weighted by Gasteiger charge is 2.34. The molecule has 1 fully saturated rings. The first-order valence-corrected chi connectivity index (χ1v) is 17.6. The fraction of sp³-hybridized carbons (Fsp3) is 0.472. The van der Waals surface area contributed by atoms with Crippen LogP contribution in [0.5, 0.6) is 0 Å². The lowest BCUT2D eigenvalue weighted by molar-refractivity contribution is -0.142. The summed E-state index contributed by atoms with van der Waals surface area (Å²) >= 11 is 1.53. The Labute approximate surface area is 281 Å². The lowest BCUT2D eigenvalue weighted by Gasteiger charge is -2.32. The number of nitrogens with zero attached hydrogens (tertiary/aromatic N) is 1. The standard InChI is InChI=1S/C36H47N3O7S/c1-4-25(2)31(38-36(43)46-33-24-44-23-32(33)45-22-26-11-6-5-7-12-26)20-39(21-34(40)37-30(35(41)42)17-18-47-3)19-28-15-10-14-27-13-8-9-16-29(27)28/h5-16,25,30-33H,4,17-24H2,1-3H3,(H,37,40)(H,38,43)(H,41,42)/t25-,30-,31+,32-,33+/m0/s1. The Morgan fingerprint density at radius 1 is 1.00 bits per heavy atom. The summed E-state index contributed by atoms with van der Waals surface area (Å²) in [5.74, 6) is -0.773. The van der Waals surface area contributed by atoms with E-state index in [0.717, 1.165) is 28.3 Å². The third-order valence-electron chi connectivity index (χ3n) is 8.52. The Kier molecular flexibility index (Phi) is 14.4. The van der Waals surface area contributed by atoms with Crippen molar-refractivity contribution in [2.75, 3.05) is 38.3 Å². The Morgan fingerprint density at radius 3 is 2.47 bits per heavy atom. The molecule has 11 heteroatoms. The lowest BCUT2D eigenvalue weighted by atomic mass is 9.98. The van der Waals surface area contributed by atoms with Crippen molar-refractivity contribution in [3.63, 3.8) is 0 Å². The Bertz CT molecular complexity index is 1440. The van der Waals surface area contributed by atoms with Gasteiger partial charge in [0.25, 0.3) is 0 Å². The molecule has 0 aromatic heterocycles. The van der Waals surface area contributed by atoms with Crippen LogP contribution in [-0.4, -0.2) is 90.6 Å². The van der Waals surface area contributed by atoms with Crippen molar-refractivity contribution in [1.29, 1.82) is 0 Å². The molecule has 3 aromatic carbocycles. The number of ether oxygens (including phenoxy) is 3. The van der Waals surface area contributed by atoms with Gasteiger partial charge in [0.2, 0.25) is 5.91 Å². The van der Waals surface area contributed by atoms with Crippen LogP contribution < -0.4 is 10.6 Å². The number of amides is 2. The molecule has 4 rings (SSSR count). The average Bonchev–Trinajstić information content (AvgIpc) is 3.51. The number of carboxylic acids is 1. The molecule has 0 bridgehead atoms. The fourth-order valence-corrected chi connectivity index (χ4v) is 6.08. The average molecular weight is 666 g/mol. The fourth-order valence-electron chi connectivity index (χ4n) is 5.60. The number of carbonyl (C=O) groups is 3. The second-order valence-electron chi connectivity index (χ2n) is 12.0. The zero-order valence-electron chi connectivity index (χ0n) is 27.4. The first-order valence-electron chi connectivity index (χ1n) is 16.2. The summed E-state index contributed by atoms with van der Waals surface area (Å²) in [7, 11) is 0. The van der Waals surface area contributed by atoms with Gasteiger partial charge in [-0.15, -0.1) is 0 Å². The van der Waals surface area contributed by atoms with Gasteiger partial charge in [-0.1, -0.05) is 93.1 Å². The van der Waals surface area contributed by atoms with Crippen molar-refractivity contribution >= 4 is 40.5 Å². The van der Waals surface area contributed by atoms with Gasteiger partial charge < -0.3 is 30.0 Å². The number of rotatable bonds is 18. The van der Waals surface area contributed by atoms with Crippen LogP contribution in [0.1, 0.15) is 37.8 Å². The van der Waals surface area contributed by atoms with E-state index in [1.807, 2.05) is 90.9 Å². The molecule has 1 saturated heterocycles. The number of alkyl carbamates (subject to hydrolysis) is 1. The SMILES string of the molecule is CC[C@H](C)[C@@H](CN(CC(=O)N[C@@H](CCSC)C(=O)O)Cc1cccc2ccccc12)NC(=O)O[C@@H]1COC[C@@H]1OCc1ccccc1. The minimum atomic E-state index is -1.06. The minimum Gasteiger partial charge on any atom is -0.480 e. The molecule has 1 heterocycles.